The van der Waals surface area contributed by atoms with Crippen LogP contribution < -0.4 is 0 Å². The van der Waals surface area contributed by atoms with E-state index in [-0.39, 0.29) is 6.54 Å². The first-order valence-corrected chi connectivity index (χ1v) is 5.64. The van der Waals surface area contributed by atoms with Gasteiger partial charge in [0.05, 0.1) is 13.2 Å². The molecule has 0 saturated heterocycles. The number of aliphatic hydroxyl groups is 1. The van der Waals surface area contributed by atoms with Gasteiger partial charge in [-0.2, -0.15) is 13.2 Å². The van der Waals surface area contributed by atoms with Crippen molar-refractivity contribution in [1.82, 2.24) is 15.0 Å². The summed E-state index contributed by atoms with van der Waals surface area (Å²) in [7, 11) is 0. The molecule has 0 unspecified atom stereocenters. The summed E-state index contributed by atoms with van der Waals surface area (Å²) in [6.07, 6.45) is -4.62. The summed E-state index contributed by atoms with van der Waals surface area (Å²) in [5, 5.41) is 16.1. The fourth-order valence-electron chi connectivity index (χ4n) is 1.64. The molecule has 102 valence electrons. The number of benzene rings is 1. The van der Waals surface area contributed by atoms with Gasteiger partial charge in [0.2, 0.25) is 0 Å². The van der Waals surface area contributed by atoms with Crippen molar-refractivity contribution in [2.45, 2.75) is 19.3 Å². The number of aliphatic hydroxyl groups excluding tert-OH is 1. The number of alkyl halides is 3. The van der Waals surface area contributed by atoms with Gasteiger partial charge in [-0.05, 0) is 17.7 Å². The molecule has 2 rings (SSSR count). The highest BCUT2D eigenvalue weighted by Crippen LogP contribution is 2.31. The van der Waals surface area contributed by atoms with E-state index in [1.807, 2.05) is 0 Å². The number of hydrogen-bond acceptors (Lipinski definition) is 3. The minimum Gasteiger partial charge on any atom is -0.390 e. The van der Waals surface area contributed by atoms with Gasteiger partial charge in [0.15, 0.2) is 5.69 Å². The molecular formula is C11H9ClF3N3O. The third-order valence-corrected chi connectivity index (χ3v) is 2.72. The van der Waals surface area contributed by atoms with Crippen molar-refractivity contribution in [1.29, 1.82) is 0 Å². The van der Waals surface area contributed by atoms with E-state index in [4.69, 9.17) is 16.7 Å². The molecule has 0 amide bonds. The Kier molecular flexibility index (Phi) is 3.77. The van der Waals surface area contributed by atoms with Gasteiger partial charge in [-0.1, -0.05) is 28.9 Å². The van der Waals surface area contributed by atoms with Gasteiger partial charge >= 0.3 is 6.18 Å². The van der Waals surface area contributed by atoms with E-state index < -0.39 is 24.2 Å². The van der Waals surface area contributed by atoms with Crippen molar-refractivity contribution in [3.05, 3.63) is 46.2 Å². The maximum atomic E-state index is 12.9. The molecule has 4 nitrogen and oxygen atoms in total. The zero-order valence-corrected chi connectivity index (χ0v) is 10.3. The van der Waals surface area contributed by atoms with E-state index in [2.05, 4.69) is 10.3 Å². The van der Waals surface area contributed by atoms with Crippen molar-refractivity contribution in [2.24, 2.45) is 0 Å². The Morgan fingerprint density at radius 1 is 1.21 bits per heavy atom. The first kappa shape index (κ1) is 13.8. The molecule has 1 N–H and O–H groups in total. The van der Waals surface area contributed by atoms with E-state index in [1.54, 1.807) is 24.3 Å². The van der Waals surface area contributed by atoms with Crippen LogP contribution in [0.4, 0.5) is 13.2 Å². The minimum absolute atomic E-state index is 0.0982. The molecule has 0 aliphatic heterocycles. The fraction of sp³-hybridized carbons (Fsp3) is 0.273. The second kappa shape index (κ2) is 5.18. The molecule has 0 spiro atoms. The monoisotopic (exact) mass is 291 g/mol. The molecule has 0 saturated carbocycles. The molecule has 1 heterocycles. The van der Waals surface area contributed by atoms with E-state index in [0.717, 1.165) is 4.68 Å². The molecule has 0 atom stereocenters. The fourth-order valence-corrected chi connectivity index (χ4v) is 1.76. The van der Waals surface area contributed by atoms with Gasteiger partial charge in [0.25, 0.3) is 0 Å². The number of aromatic nitrogens is 3. The van der Waals surface area contributed by atoms with E-state index in [0.29, 0.717) is 10.6 Å². The Morgan fingerprint density at radius 2 is 1.84 bits per heavy atom. The molecule has 0 bridgehead atoms. The van der Waals surface area contributed by atoms with Crippen LogP contribution in [0, 0.1) is 0 Å². The topological polar surface area (TPSA) is 50.9 Å². The van der Waals surface area contributed by atoms with Crippen LogP contribution in [0.2, 0.25) is 5.02 Å². The van der Waals surface area contributed by atoms with E-state index >= 15 is 0 Å². The summed E-state index contributed by atoms with van der Waals surface area (Å²) < 4.78 is 39.3. The third-order valence-electron chi connectivity index (χ3n) is 2.47. The molecule has 0 radical (unpaired) electrons. The van der Waals surface area contributed by atoms with Gasteiger partial charge in [-0.3, -0.25) is 0 Å². The summed E-state index contributed by atoms with van der Waals surface area (Å²) in [5.41, 5.74) is -0.921. The van der Waals surface area contributed by atoms with Gasteiger partial charge in [0.1, 0.15) is 5.69 Å². The molecule has 8 heteroatoms. The maximum absolute atomic E-state index is 12.9. The summed E-state index contributed by atoms with van der Waals surface area (Å²) in [6.45, 7) is -0.908. The Labute approximate surface area is 111 Å². The lowest BCUT2D eigenvalue weighted by Crippen LogP contribution is -2.17. The zero-order chi connectivity index (χ0) is 14.0. The van der Waals surface area contributed by atoms with Gasteiger partial charge in [0, 0.05) is 5.02 Å². The Hall–Kier alpha value is -1.60. The highest BCUT2D eigenvalue weighted by Gasteiger charge is 2.39. The molecule has 19 heavy (non-hydrogen) atoms. The average molecular weight is 292 g/mol. The van der Waals surface area contributed by atoms with Crippen LogP contribution in [0.15, 0.2) is 24.3 Å². The summed E-state index contributed by atoms with van der Waals surface area (Å²) in [6, 6.07) is 6.35. The molecule has 0 fully saturated rings. The lowest BCUT2D eigenvalue weighted by Gasteiger charge is -2.10. The second-order valence-electron chi connectivity index (χ2n) is 3.82. The Morgan fingerprint density at radius 3 is 2.37 bits per heavy atom. The summed E-state index contributed by atoms with van der Waals surface area (Å²) in [5.74, 6) is 0. The van der Waals surface area contributed by atoms with Crippen molar-refractivity contribution < 1.29 is 18.3 Å². The van der Waals surface area contributed by atoms with Crippen molar-refractivity contribution in [3.63, 3.8) is 0 Å². The molecule has 2 aromatic rings. The second-order valence-corrected chi connectivity index (χ2v) is 4.26. The van der Waals surface area contributed by atoms with Crippen LogP contribution in [0.3, 0.4) is 0 Å². The van der Waals surface area contributed by atoms with Crippen LogP contribution in [-0.4, -0.2) is 20.1 Å². The highest BCUT2D eigenvalue weighted by molar-refractivity contribution is 6.30. The van der Waals surface area contributed by atoms with Crippen LogP contribution in [0.25, 0.3) is 0 Å². The largest absolute Gasteiger partial charge is 0.435 e. The Balaban J connectivity index is 2.35. The normalized spacial score (nSPS) is 11.8. The number of halogens is 4. The van der Waals surface area contributed by atoms with Crippen molar-refractivity contribution in [2.75, 3.05) is 0 Å². The maximum Gasteiger partial charge on any atom is 0.435 e. The number of hydrogen-bond donors (Lipinski definition) is 1. The number of rotatable bonds is 3. The quantitative estimate of drug-likeness (QED) is 0.945. The molecule has 0 aliphatic carbocycles. The standard InChI is InChI=1S/C11H9ClF3N3O/c12-8-3-1-7(2-4-8)5-18-10(11(13,14)15)9(6-19)16-17-18/h1-4,19H,5-6H2. The lowest BCUT2D eigenvalue weighted by molar-refractivity contribution is -0.145. The molecular weight excluding hydrogens is 283 g/mol. The summed E-state index contributed by atoms with van der Waals surface area (Å²) in [4.78, 5) is 0. The lowest BCUT2D eigenvalue weighted by atomic mass is 10.2. The molecule has 0 aliphatic rings. The van der Waals surface area contributed by atoms with E-state index in [1.165, 1.54) is 0 Å². The smallest absolute Gasteiger partial charge is 0.390 e. The van der Waals surface area contributed by atoms with Gasteiger partial charge in [-0.15, -0.1) is 5.10 Å². The van der Waals surface area contributed by atoms with E-state index in [9.17, 15) is 13.2 Å². The van der Waals surface area contributed by atoms with Crippen LogP contribution in [0.1, 0.15) is 17.0 Å². The van der Waals surface area contributed by atoms with Crippen LogP contribution in [0.5, 0.6) is 0 Å². The van der Waals surface area contributed by atoms with Crippen molar-refractivity contribution >= 4 is 11.6 Å². The van der Waals surface area contributed by atoms with Crippen LogP contribution >= 0.6 is 11.6 Å². The molecule has 1 aromatic carbocycles. The number of nitrogens with zero attached hydrogens (tertiary/aromatic N) is 3. The summed E-state index contributed by atoms with van der Waals surface area (Å²) >= 11 is 5.70. The SMILES string of the molecule is OCc1nnn(Cc2ccc(Cl)cc2)c1C(F)(F)F. The average Bonchev–Trinajstić information content (AvgIpc) is 2.75. The predicted molar refractivity (Wildman–Crippen MR) is 61.5 cm³/mol. The first-order valence-electron chi connectivity index (χ1n) is 5.26. The van der Waals surface area contributed by atoms with Crippen molar-refractivity contribution in [3.8, 4) is 0 Å². The third kappa shape index (κ3) is 3.05. The zero-order valence-electron chi connectivity index (χ0n) is 9.52. The Bertz CT molecular complexity index is 566. The predicted octanol–water partition coefficient (Wildman–Crippen LogP) is 2.49. The van der Waals surface area contributed by atoms with Gasteiger partial charge in [-0.25, -0.2) is 4.68 Å². The molecule has 1 aromatic heterocycles. The minimum atomic E-state index is -4.62. The highest BCUT2D eigenvalue weighted by atomic mass is 35.5. The van der Waals surface area contributed by atoms with Crippen LogP contribution in [-0.2, 0) is 19.3 Å². The first-order chi connectivity index (χ1) is 8.91. The van der Waals surface area contributed by atoms with Gasteiger partial charge < -0.3 is 5.11 Å².